The summed E-state index contributed by atoms with van der Waals surface area (Å²) in [5.74, 6) is -0.325. The number of hydrogen-bond acceptors (Lipinski definition) is 6. The van der Waals surface area contributed by atoms with Crippen LogP contribution >= 0.6 is 11.3 Å². The van der Waals surface area contributed by atoms with Crippen LogP contribution in [0.15, 0.2) is 0 Å². The molecule has 20 heavy (non-hydrogen) atoms. The van der Waals surface area contributed by atoms with Gasteiger partial charge in [0.1, 0.15) is 16.7 Å². The van der Waals surface area contributed by atoms with Crippen molar-refractivity contribution in [1.29, 1.82) is 0 Å². The SMILES string of the molecule is CCN(CC)C(=O)C(C)NC(=O)c1sc(NC)nc1N. The number of nitrogens with one attached hydrogen (secondary N) is 2. The number of amides is 2. The summed E-state index contributed by atoms with van der Waals surface area (Å²) in [7, 11) is 1.70. The maximum atomic E-state index is 12.1. The lowest BCUT2D eigenvalue weighted by Crippen LogP contribution is -2.46. The third kappa shape index (κ3) is 3.60. The van der Waals surface area contributed by atoms with Crippen LogP contribution in [0.4, 0.5) is 10.9 Å². The van der Waals surface area contributed by atoms with E-state index in [-0.39, 0.29) is 17.6 Å². The summed E-state index contributed by atoms with van der Waals surface area (Å²) in [6.07, 6.45) is 0. The number of carbonyl (C=O) groups is 2. The predicted molar refractivity (Wildman–Crippen MR) is 80.9 cm³/mol. The van der Waals surface area contributed by atoms with E-state index in [4.69, 9.17) is 5.73 Å². The van der Waals surface area contributed by atoms with E-state index in [2.05, 4.69) is 15.6 Å². The van der Waals surface area contributed by atoms with Crippen LogP contribution in [-0.4, -0.2) is 47.9 Å². The number of hydrogen-bond donors (Lipinski definition) is 3. The highest BCUT2D eigenvalue weighted by Crippen LogP contribution is 2.24. The molecule has 0 radical (unpaired) electrons. The number of likely N-dealkylation sites (N-methyl/N-ethyl adjacent to an activating group) is 1. The Kier molecular flexibility index (Phi) is 5.75. The molecule has 1 atom stereocenters. The van der Waals surface area contributed by atoms with Crippen LogP contribution in [0.25, 0.3) is 0 Å². The molecule has 0 saturated heterocycles. The van der Waals surface area contributed by atoms with Gasteiger partial charge in [-0.1, -0.05) is 11.3 Å². The van der Waals surface area contributed by atoms with Crippen molar-refractivity contribution in [3.63, 3.8) is 0 Å². The molecule has 0 fully saturated rings. The molecule has 1 unspecified atom stereocenters. The van der Waals surface area contributed by atoms with Gasteiger partial charge in [0.15, 0.2) is 5.13 Å². The van der Waals surface area contributed by atoms with Gasteiger partial charge in [-0.3, -0.25) is 9.59 Å². The molecule has 1 rings (SSSR count). The van der Waals surface area contributed by atoms with Gasteiger partial charge in [0.25, 0.3) is 5.91 Å². The highest BCUT2D eigenvalue weighted by Gasteiger charge is 2.23. The summed E-state index contributed by atoms with van der Waals surface area (Å²) in [5, 5.41) is 6.05. The minimum absolute atomic E-state index is 0.111. The molecular weight excluding hydrogens is 278 g/mol. The van der Waals surface area contributed by atoms with Crippen molar-refractivity contribution in [2.24, 2.45) is 0 Å². The smallest absolute Gasteiger partial charge is 0.265 e. The summed E-state index contributed by atoms with van der Waals surface area (Å²) < 4.78 is 0. The normalized spacial score (nSPS) is 11.8. The van der Waals surface area contributed by atoms with Crippen LogP contribution < -0.4 is 16.4 Å². The molecule has 0 aliphatic carbocycles. The van der Waals surface area contributed by atoms with E-state index in [1.807, 2.05) is 13.8 Å². The monoisotopic (exact) mass is 299 g/mol. The Balaban J connectivity index is 2.74. The lowest BCUT2D eigenvalue weighted by Gasteiger charge is -2.23. The molecule has 8 heteroatoms. The van der Waals surface area contributed by atoms with Gasteiger partial charge in [0.05, 0.1) is 0 Å². The molecule has 1 aromatic heterocycles. The van der Waals surface area contributed by atoms with Gasteiger partial charge in [0, 0.05) is 20.1 Å². The first-order chi connectivity index (χ1) is 9.44. The maximum Gasteiger partial charge on any atom is 0.265 e. The van der Waals surface area contributed by atoms with Gasteiger partial charge in [-0.25, -0.2) is 4.98 Å². The quantitative estimate of drug-likeness (QED) is 0.720. The lowest BCUT2D eigenvalue weighted by atomic mass is 10.2. The molecular formula is C12H21N5O2S. The lowest BCUT2D eigenvalue weighted by molar-refractivity contribution is -0.132. The topological polar surface area (TPSA) is 100 Å². The van der Waals surface area contributed by atoms with Crippen molar-refractivity contribution < 1.29 is 9.59 Å². The second kappa shape index (κ2) is 7.09. The Morgan fingerprint density at radius 1 is 1.40 bits per heavy atom. The molecule has 1 heterocycles. The number of thiazole rings is 1. The third-order valence-electron chi connectivity index (χ3n) is 2.87. The fourth-order valence-electron chi connectivity index (χ4n) is 1.73. The maximum absolute atomic E-state index is 12.1. The Morgan fingerprint density at radius 3 is 2.45 bits per heavy atom. The van der Waals surface area contributed by atoms with E-state index >= 15 is 0 Å². The molecule has 0 saturated carbocycles. The van der Waals surface area contributed by atoms with E-state index < -0.39 is 6.04 Å². The Hall–Kier alpha value is -1.83. The molecule has 0 spiro atoms. The number of nitrogens with zero attached hydrogens (tertiary/aromatic N) is 2. The van der Waals surface area contributed by atoms with E-state index in [1.165, 1.54) is 0 Å². The zero-order valence-electron chi connectivity index (χ0n) is 12.2. The highest BCUT2D eigenvalue weighted by molar-refractivity contribution is 7.18. The Morgan fingerprint density at radius 2 is 2.00 bits per heavy atom. The van der Waals surface area contributed by atoms with Gasteiger partial charge in [-0.05, 0) is 20.8 Å². The highest BCUT2D eigenvalue weighted by atomic mass is 32.1. The largest absolute Gasteiger partial charge is 0.382 e. The summed E-state index contributed by atoms with van der Waals surface area (Å²) >= 11 is 1.16. The van der Waals surface area contributed by atoms with Crippen molar-refractivity contribution in [2.75, 3.05) is 31.2 Å². The second-order valence-electron chi connectivity index (χ2n) is 4.19. The first kappa shape index (κ1) is 16.2. The van der Waals surface area contributed by atoms with Crippen molar-refractivity contribution in [3.8, 4) is 0 Å². The Bertz CT molecular complexity index is 484. The summed E-state index contributed by atoms with van der Waals surface area (Å²) in [6, 6.07) is -0.595. The number of rotatable bonds is 6. The zero-order chi connectivity index (χ0) is 15.3. The van der Waals surface area contributed by atoms with E-state index in [9.17, 15) is 9.59 Å². The molecule has 4 N–H and O–H groups in total. The molecule has 7 nitrogen and oxygen atoms in total. The van der Waals surface area contributed by atoms with Crippen LogP contribution in [0.3, 0.4) is 0 Å². The van der Waals surface area contributed by atoms with Crippen LogP contribution in [0.5, 0.6) is 0 Å². The van der Waals surface area contributed by atoms with Crippen molar-refractivity contribution in [1.82, 2.24) is 15.2 Å². The second-order valence-corrected chi connectivity index (χ2v) is 5.19. The fourth-order valence-corrected chi connectivity index (χ4v) is 2.48. The van der Waals surface area contributed by atoms with E-state index in [0.29, 0.717) is 23.1 Å². The molecule has 2 amide bonds. The van der Waals surface area contributed by atoms with Gasteiger partial charge in [0.2, 0.25) is 5.91 Å². The van der Waals surface area contributed by atoms with Crippen molar-refractivity contribution >= 4 is 34.1 Å². The van der Waals surface area contributed by atoms with Gasteiger partial charge in [-0.2, -0.15) is 0 Å². The standard InChI is InChI=1S/C12H21N5O2S/c1-5-17(6-2)11(19)7(3)15-10(18)8-9(13)16-12(14-4)20-8/h7H,5-6,13H2,1-4H3,(H,14,16)(H,15,18). The predicted octanol–water partition coefficient (Wildman–Crippen LogP) is 0.754. The summed E-state index contributed by atoms with van der Waals surface area (Å²) in [4.78, 5) is 30.1. The van der Waals surface area contributed by atoms with Crippen LogP contribution in [-0.2, 0) is 4.79 Å². The van der Waals surface area contributed by atoms with Crippen molar-refractivity contribution in [3.05, 3.63) is 4.88 Å². The van der Waals surface area contributed by atoms with E-state index in [0.717, 1.165) is 11.3 Å². The number of nitrogens with two attached hydrogens (primary N) is 1. The average molecular weight is 299 g/mol. The summed E-state index contributed by atoms with van der Waals surface area (Å²) in [6.45, 7) is 6.69. The number of carbonyl (C=O) groups excluding carboxylic acids is 2. The van der Waals surface area contributed by atoms with Crippen LogP contribution in [0.1, 0.15) is 30.4 Å². The van der Waals surface area contributed by atoms with Crippen LogP contribution in [0, 0.1) is 0 Å². The molecule has 0 aliphatic rings. The van der Waals surface area contributed by atoms with Crippen molar-refractivity contribution in [2.45, 2.75) is 26.8 Å². The minimum Gasteiger partial charge on any atom is -0.382 e. The number of aromatic nitrogens is 1. The first-order valence-electron chi connectivity index (χ1n) is 6.48. The fraction of sp³-hybridized carbons (Fsp3) is 0.583. The third-order valence-corrected chi connectivity index (χ3v) is 3.95. The molecule has 0 bridgehead atoms. The minimum atomic E-state index is -0.595. The van der Waals surface area contributed by atoms with Gasteiger partial charge in [-0.15, -0.1) is 0 Å². The molecule has 0 aromatic carbocycles. The molecule has 112 valence electrons. The number of anilines is 2. The average Bonchev–Trinajstić information content (AvgIpc) is 2.81. The Labute approximate surface area is 122 Å². The van der Waals surface area contributed by atoms with Gasteiger partial charge < -0.3 is 21.3 Å². The first-order valence-corrected chi connectivity index (χ1v) is 7.29. The zero-order valence-corrected chi connectivity index (χ0v) is 13.0. The number of nitrogen functional groups attached to an aromatic ring is 1. The molecule has 0 aliphatic heterocycles. The molecule has 1 aromatic rings. The van der Waals surface area contributed by atoms with Crippen LogP contribution in [0.2, 0.25) is 0 Å². The van der Waals surface area contributed by atoms with E-state index in [1.54, 1.807) is 18.9 Å². The summed E-state index contributed by atoms with van der Waals surface area (Å²) in [5.41, 5.74) is 5.68. The van der Waals surface area contributed by atoms with Gasteiger partial charge >= 0.3 is 0 Å².